The summed E-state index contributed by atoms with van der Waals surface area (Å²) in [6.45, 7) is 3.31. The minimum Gasteiger partial charge on any atom is -0.371 e. The van der Waals surface area contributed by atoms with Gasteiger partial charge in [0.05, 0.1) is 11.7 Å². The summed E-state index contributed by atoms with van der Waals surface area (Å²) >= 11 is 1.90. The summed E-state index contributed by atoms with van der Waals surface area (Å²) in [5.41, 5.74) is 1.28. The van der Waals surface area contributed by atoms with E-state index in [1.54, 1.807) is 0 Å². The van der Waals surface area contributed by atoms with Gasteiger partial charge in [-0.3, -0.25) is 0 Å². The van der Waals surface area contributed by atoms with Crippen LogP contribution in [-0.2, 0) is 16.8 Å². The average molecular weight is 280 g/mol. The summed E-state index contributed by atoms with van der Waals surface area (Å²) in [4.78, 5) is 6.48. The van der Waals surface area contributed by atoms with Crippen LogP contribution in [0.3, 0.4) is 0 Å². The SMILES string of the molecule is CCCNC1CCCc2sc(C3(OC)CCC3)nc21. The number of hydrogen-bond acceptors (Lipinski definition) is 4. The zero-order valence-electron chi connectivity index (χ0n) is 12.0. The Morgan fingerprint density at radius 1 is 1.42 bits per heavy atom. The van der Waals surface area contributed by atoms with Gasteiger partial charge in [0, 0.05) is 12.0 Å². The highest BCUT2D eigenvalue weighted by atomic mass is 32.1. The van der Waals surface area contributed by atoms with E-state index in [1.165, 1.54) is 47.7 Å². The number of nitrogens with zero attached hydrogens (tertiary/aromatic N) is 1. The van der Waals surface area contributed by atoms with Gasteiger partial charge >= 0.3 is 0 Å². The highest BCUT2D eigenvalue weighted by Crippen LogP contribution is 2.47. The van der Waals surface area contributed by atoms with Crippen molar-refractivity contribution in [2.24, 2.45) is 0 Å². The quantitative estimate of drug-likeness (QED) is 0.895. The van der Waals surface area contributed by atoms with Gasteiger partial charge in [-0.1, -0.05) is 6.92 Å². The molecule has 1 saturated carbocycles. The number of nitrogens with one attached hydrogen (secondary N) is 1. The number of aromatic nitrogens is 1. The van der Waals surface area contributed by atoms with Gasteiger partial charge in [0.25, 0.3) is 0 Å². The highest BCUT2D eigenvalue weighted by molar-refractivity contribution is 7.11. The number of methoxy groups -OCH3 is 1. The molecule has 1 aromatic heterocycles. The molecule has 0 aromatic carbocycles. The van der Waals surface area contributed by atoms with Crippen LogP contribution in [0.2, 0.25) is 0 Å². The lowest BCUT2D eigenvalue weighted by molar-refractivity contribution is -0.0780. The van der Waals surface area contributed by atoms with Crippen molar-refractivity contribution >= 4 is 11.3 Å². The van der Waals surface area contributed by atoms with Crippen LogP contribution >= 0.6 is 11.3 Å². The Balaban J connectivity index is 1.84. The molecule has 0 bridgehead atoms. The van der Waals surface area contributed by atoms with E-state index < -0.39 is 0 Å². The Bertz CT molecular complexity index is 434. The number of thiazole rings is 1. The second-order valence-corrected chi connectivity index (χ2v) is 6.86. The number of ether oxygens (including phenoxy) is 1. The van der Waals surface area contributed by atoms with Crippen LogP contribution in [0.1, 0.15) is 67.1 Å². The third-order valence-electron chi connectivity index (χ3n) is 4.54. The van der Waals surface area contributed by atoms with Crippen molar-refractivity contribution < 1.29 is 4.74 Å². The van der Waals surface area contributed by atoms with Crippen molar-refractivity contribution in [3.8, 4) is 0 Å². The lowest BCUT2D eigenvalue weighted by Crippen LogP contribution is -2.36. The van der Waals surface area contributed by atoms with Crippen molar-refractivity contribution in [3.63, 3.8) is 0 Å². The van der Waals surface area contributed by atoms with Gasteiger partial charge < -0.3 is 10.1 Å². The Hall–Kier alpha value is -0.450. The van der Waals surface area contributed by atoms with Crippen LogP contribution < -0.4 is 5.32 Å². The van der Waals surface area contributed by atoms with Gasteiger partial charge in [0.2, 0.25) is 0 Å². The lowest BCUT2D eigenvalue weighted by Gasteiger charge is -2.38. The summed E-state index contributed by atoms with van der Waals surface area (Å²) < 4.78 is 5.78. The van der Waals surface area contributed by atoms with E-state index in [0.29, 0.717) is 6.04 Å². The van der Waals surface area contributed by atoms with E-state index in [9.17, 15) is 0 Å². The highest BCUT2D eigenvalue weighted by Gasteiger charge is 2.42. The Morgan fingerprint density at radius 3 is 2.89 bits per heavy atom. The van der Waals surface area contributed by atoms with Gasteiger partial charge in [-0.25, -0.2) is 4.98 Å². The van der Waals surface area contributed by atoms with Crippen molar-refractivity contribution in [1.82, 2.24) is 10.3 Å². The predicted octanol–water partition coefficient (Wildman–Crippen LogP) is 3.55. The second-order valence-electron chi connectivity index (χ2n) is 5.78. The molecule has 3 nitrogen and oxygen atoms in total. The number of rotatable bonds is 5. The van der Waals surface area contributed by atoms with Gasteiger partial charge in [-0.05, 0) is 51.5 Å². The van der Waals surface area contributed by atoms with Crippen LogP contribution in [0.25, 0.3) is 0 Å². The van der Waals surface area contributed by atoms with E-state index in [2.05, 4.69) is 12.2 Å². The van der Waals surface area contributed by atoms with E-state index in [4.69, 9.17) is 9.72 Å². The fourth-order valence-corrected chi connectivity index (χ4v) is 4.52. The van der Waals surface area contributed by atoms with Crippen LogP contribution in [-0.4, -0.2) is 18.6 Å². The van der Waals surface area contributed by atoms with Crippen molar-refractivity contribution in [2.45, 2.75) is 63.5 Å². The number of aryl methyl sites for hydroxylation is 1. The molecule has 2 aliphatic carbocycles. The molecule has 1 fully saturated rings. The molecule has 1 atom stereocenters. The third-order valence-corrected chi connectivity index (χ3v) is 5.85. The molecule has 106 valence electrons. The molecule has 1 unspecified atom stereocenters. The van der Waals surface area contributed by atoms with E-state index >= 15 is 0 Å². The van der Waals surface area contributed by atoms with Gasteiger partial charge in [-0.2, -0.15) is 0 Å². The van der Waals surface area contributed by atoms with Gasteiger partial charge in [0.1, 0.15) is 10.6 Å². The first kappa shape index (κ1) is 13.5. The standard InChI is InChI=1S/C15H24N2OS/c1-3-10-16-11-6-4-7-12-13(11)17-14(19-12)15(18-2)8-5-9-15/h11,16H,3-10H2,1-2H3. The van der Waals surface area contributed by atoms with Crippen LogP contribution in [0, 0.1) is 0 Å². The zero-order valence-corrected chi connectivity index (χ0v) is 12.8. The van der Waals surface area contributed by atoms with Crippen molar-refractivity contribution in [3.05, 3.63) is 15.6 Å². The Morgan fingerprint density at radius 2 is 2.26 bits per heavy atom. The molecule has 0 amide bonds. The van der Waals surface area contributed by atoms with Crippen molar-refractivity contribution in [2.75, 3.05) is 13.7 Å². The fraction of sp³-hybridized carbons (Fsp3) is 0.800. The van der Waals surface area contributed by atoms with E-state index in [0.717, 1.165) is 19.4 Å². The molecular weight excluding hydrogens is 256 g/mol. The third kappa shape index (κ3) is 2.34. The number of hydrogen-bond donors (Lipinski definition) is 1. The first-order chi connectivity index (χ1) is 9.29. The summed E-state index contributed by atoms with van der Waals surface area (Å²) in [6, 6.07) is 0.475. The van der Waals surface area contributed by atoms with Crippen LogP contribution in [0.5, 0.6) is 0 Å². The smallest absolute Gasteiger partial charge is 0.125 e. The monoisotopic (exact) mass is 280 g/mol. The molecule has 4 heteroatoms. The summed E-state index contributed by atoms with van der Waals surface area (Å²) in [5, 5.41) is 4.88. The fourth-order valence-electron chi connectivity index (χ4n) is 3.13. The number of fused-ring (bicyclic) bond motifs is 1. The van der Waals surface area contributed by atoms with Crippen molar-refractivity contribution in [1.29, 1.82) is 0 Å². The van der Waals surface area contributed by atoms with Crippen LogP contribution in [0.15, 0.2) is 0 Å². The summed E-state index contributed by atoms with van der Waals surface area (Å²) in [5.74, 6) is 0. The molecular formula is C15H24N2OS. The minimum atomic E-state index is -0.0443. The molecule has 1 N–H and O–H groups in total. The zero-order chi connectivity index (χ0) is 13.3. The molecule has 0 radical (unpaired) electrons. The Labute approximate surface area is 119 Å². The molecule has 2 aliphatic rings. The van der Waals surface area contributed by atoms with Gasteiger partial charge in [0.15, 0.2) is 0 Å². The van der Waals surface area contributed by atoms with Gasteiger partial charge in [-0.15, -0.1) is 11.3 Å². The lowest BCUT2D eigenvalue weighted by atomic mass is 9.80. The minimum absolute atomic E-state index is 0.0443. The Kier molecular flexibility index (Phi) is 3.92. The molecule has 3 rings (SSSR count). The first-order valence-corrected chi connectivity index (χ1v) is 8.39. The second kappa shape index (κ2) is 5.51. The van der Waals surface area contributed by atoms with E-state index in [1.807, 2.05) is 18.4 Å². The molecule has 0 aliphatic heterocycles. The summed E-state index contributed by atoms with van der Waals surface area (Å²) in [6.07, 6.45) is 8.47. The normalized spacial score (nSPS) is 24.8. The maximum atomic E-state index is 5.78. The molecule has 0 spiro atoms. The maximum absolute atomic E-state index is 5.78. The summed E-state index contributed by atoms with van der Waals surface area (Å²) in [7, 11) is 1.84. The molecule has 1 aromatic rings. The molecule has 0 saturated heterocycles. The largest absolute Gasteiger partial charge is 0.371 e. The van der Waals surface area contributed by atoms with E-state index in [-0.39, 0.29) is 5.60 Å². The first-order valence-electron chi connectivity index (χ1n) is 7.57. The maximum Gasteiger partial charge on any atom is 0.125 e. The molecule has 1 heterocycles. The molecule has 19 heavy (non-hydrogen) atoms. The topological polar surface area (TPSA) is 34.1 Å². The predicted molar refractivity (Wildman–Crippen MR) is 78.6 cm³/mol. The van der Waals surface area contributed by atoms with Crippen LogP contribution in [0.4, 0.5) is 0 Å². The average Bonchev–Trinajstić information content (AvgIpc) is 2.80.